The van der Waals surface area contributed by atoms with Crippen molar-refractivity contribution in [1.82, 2.24) is 10.2 Å². The summed E-state index contributed by atoms with van der Waals surface area (Å²) in [5.74, 6) is -0.176. The molecule has 2 amide bonds. The Bertz CT molecular complexity index is 1800. The summed E-state index contributed by atoms with van der Waals surface area (Å²) in [6.07, 6.45) is 0.926. The number of halogens is 1. The van der Waals surface area contributed by atoms with Crippen molar-refractivity contribution in [2.24, 2.45) is 0 Å². The van der Waals surface area contributed by atoms with Crippen molar-refractivity contribution in [3.05, 3.63) is 118 Å². The monoisotopic (exact) mass is 735 g/mol. The van der Waals surface area contributed by atoms with Crippen LogP contribution >= 0.6 is 15.9 Å². The Hall–Kier alpha value is -4.35. The number of anilines is 1. The third-order valence-electron chi connectivity index (χ3n) is 8.06. The van der Waals surface area contributed by atoms with Crippen LogP contribution in [0.3, 0.4) is 0 Å². The summed E-state index contributed by atoms with van der Waals surface area (Å²) in [5.41, 5.74) is 2.72. The molecule has 0 aromatic heterocycles. The first kappa shape index (κ1) is 36.5. The van der Waals surface area contributed by atoms with Crippen molar-refractivity contribution in [2.75, 3.05) is 25.1 Å². The fraction of sp³-hybridized carbons (Fsp3) is 0.297. The number of carbonyl (C=O) groups is 2. The molecule has 0 radical (unpaired) electrons. The smallest absolute Gasteiger partial charge is 0.264 e. The van der Waals surface area contributed by atoms with Gasteiger partial charge in [-0.25, -0.2) is 8.42 Å². The number of amides is 2. The summed E-state index contributed by atoms with van der Waals surface area (Å²) in [7, 11) is -1.33. The van der Waals surface area contributed by atoms with E-state index in [1.807, 2.05) is 75.4 Å². The van der Waals surface area contributed by atoms with Crippen LogP contribution in [0.15, 0.2) is 106 Å². The van der Waals surface area contributed by atoms with Gasteiger partial charge in [-0.1, -0.05) is 83.0 Å². The molecule has 0 fully saturated rings. The number of benzene rings is 4. The van der Waals surface area contributed by atoms with Crippen molar-refractivity contribution in [1.29, 1.82) is 0 Å². The van der Waals surface area contributed by atoms with Crippen molar-refractivity contribution in [3.63, 3.8) is 0 Å². The van der Waals surface area contributed by atoms with E-state index >= 15 is 0 Å². The Morgan fingerprint density at radius 1 is 0.854 bits per heavy atom. The molecule has 0 aliphatic heterocycles. The molecule has 0 saturated heterocycles. The zero-order chi connectivity index (χ0) is 34.8. The Kier molecular flexibility index (Phi) is 12.7. The fourth-order valence-corrected chi connectivity index (χ4v) is 7.03. The number of sulfonamides is 1. The Balaban J connectivity index is 1.85. The van der Waals surface area contributed by atoms with E-state index in [2.05, 4.69) is 21.2 Å². The van der Waals surface area contributed by atoms with Crippen LogP contribution in [0.5, 0.6) is 11.5 Å². The van der Waals surface area contributed by atoms with Crippen molar-refractivity contribution in [2.45, 2.75) is 57.1 Å². The normalized spacial score (nSPS) is 12.5. The lowest BCUT2D eigenvalue weighted by Crippen LogP contribution is -2.54. The van der Waals surface area contributed by atoms with E-state index in [4.69, 9.17) is 9.47 Å². The zero-order valence-electron chi connectivity index (χ0n) is 27.9. The maximum absolute atomic E-state index is 14.7. The molecule has 11 heteroatoms. The number of methoxy groups -OCH3 is 2. The van der Waals surface area contributed by atoms with Gasteiger partial charge in [-0.15, -0.1) is 0 Å². The Morgan fingerprint density at radius 3 is 2.15 bits per heavy atom. The van der Waals surface area contributed by atoms with Gasteiger partial charge in [-0.05, 0) is 67.8 Å². The van der Waals surface area contributed by atoms with Crippen LogP contribution in [-0.4, -0.2) is 58.0 Å². The van der Waals surface area contributed by atoms with Crippen LogP contribution in [-0.2, 0) is 32.6 Å². The zero-order valence-corrected chi connectivity index (χ0v) is 30.3. The number of nitrogens with zero attached hydrogens (tertiary/aromatic N) is 2. The number of nitrogens with one attached hydrogen (secondary N) is 1. The second kappa shape index (κ2) is 16.7. The van der Waals surface area contributed by atoms with Crippen LogP contribution in [0.25, 0.3) is 0 Å². The largest absolute Gasteiger partial charge is 0.493 e. The first-order valence-electron chi connectivity index (χ1n) is 15.7. The van der Waals surface area contributed by atoms with E-state index in [-0.39, 0.29) is 35.5 Å². The van der Waals surface area contributed by atoms with Crippen LogP contribution in [0.1, 0.15) is 37.0 Å². The molecule has 4 aromatic carbocycles. The van der Waals surface area contributed by atoms with E-state index in [1.54, 1.807) is 24.3 Å². The molecule has 0 unspecified atom stereocenters. The number of ether oxygens (including phenoxy) is 2. The van der Waals surface area contributed by atoms with Crippen LogP contribution in [0.2, 0.25) is 0 Å². The van der Waals surface area contributed by atoms with Gasteiger partial charge in [0.25, 0.3) is 10.0 Å². The van der Waals surface area contributed by atoms with Gasteiger partial charge < -0.3 is 19.7 Å². The highest BCUT2D eigenvalue weighted by Gasteiger charge is 2.35. The highest BCUT2D eigenvalue weighted by atomic mass is 79.9. The van der Waals surface area contributed by atoms with Crippen molar-refractivity contribution >= 4 is 43.5 Å². The number of hydrogen-bond acceptors (Lipinski definition) is 6. The molecule has 4 rings (SSSR count). The quantitative estimate of drug-likeness (QED) is 0.149. The second-order valence-electron chi connectivity index (χ2n) is 11.5. The molecule has 2 atom stereocenters. The number of rotatable bonds is 15. The molecule has 4 aromatic rings. The summed E-state index contributed by atoms with van der Waals surface area (Å²) in [4.78, 5) is 30.2. The van der Waals surface area contributed by atoms with Crippen LogP contribution < -0.4 is 19.1 Å². The first-order valence-corrected chi connectivity index (χ1v) is 17.9. The van der Waals surface area contributed by atoms with Crippen LogP contribution in [0, 0.1) is 6.92 Å². The van der Waals surface area contributed by atoms with Gasteiger partial charge in [0.05, 0.1) is 24.8 Å². The minimum atomic E-state index is -4.27. The average Bonchev–Trinajstić information content (AvgIpc) is 3.08. The first-order chi connectivity index (χ1) is 23.0. The van der Waals surface area contributed by atoms with Gasteiger partial charge >= 0.3 is 0 Å². The van der Waals surface area contributed by atoms with Crippen LogP contribution in [0.4, 0.5) is 5.69 Å². The van der Waals surface area contributed by atoms with Crippen molar-refractivity contribution in [3.8, 4) is 11.5 Å². The molecule has 0 heterocycles. The SMILES string of the molecule is CC[C@@H](C)NC(=O)[C@H](Cc1ccccc1)N(Cc1cccc(Br)c1)C(=O)CN(c1ccc(OC)c(OC)c1)S(=O)(=O)c1ccc(C)cc1. The number of aryl methyl sites for hydroxylation is 1. The Labute approximate surface area is 292 Å². The van der Waals surface area contributed by atoms with E-state index in [9.17, 15) is 18.0 Å². The van der Waals surface area contributed by atoms with E-state index in [0.717, 1.165) is 25.5 Å². The Morgan fingerprint density at radius 2 is 1.52 bits per heavy atom. The highest BCUT2D eigenvalue weighted by molar-refractivity contribution is 9.10. The third kappa shape index (κ3) is 9.17. The fourth-order valence-electron chi connectivity index (χ4n) is 5.17. The molecule has 48 heavy (non-hydrogen) atoms. The minimum Gasteiger partial charge on any atom is -0.493 e. The molecular weight excluding hydrogens is 694 g/mol. The van der Waals surface area contributed by atoms with E-state index in [1.165, 1.54) is 37.3 Å². The molecule has 0 saturated carbocycles. The molecular formula is C37H42BrN3O6S. The lowest BCUT2D eigenvalue weighted by atomic mass is 10.0. The molecule has 254 valence electrons. The highest BCUT2D eigenvalue weighted by Crippen LogP contribution is 2.34. The summed E-state index contributed by atoms with van der Waals surface area (Å²) in [6.45, 7) is 5.22. The maximum atomic E-state index is 14.7. The van der Waals surface area contributed by atoms with E-state index in [0.29, 0.717) is 17.9 Å². The molecule has 0 bridgehead atoms. The molecule has 0 spiro atoms. The average molecular weight is 737 g/mol. The van der Waals surface area contributed by atoms with Crippen molar-refractivity contribution < 1.29 is 27.5 Å². The third-order valence-corrected chi connectivity index (χ3v) is 10.3. The van der Waals surface area contributed by atoms with Gasteiger partial charge in [0.15, 0.2) is 11.5 Å². The maximum Gasteiger partial charge on any atom is 0.264 e. The standard InChI is InChI=1S/C37H42BrN3O6S/c1-6-27(3)39-37(43)33(22-28-11-8-7-9-12-28)40(24-29-13-10-14-30(38)21-29)36(42)25-41(31-17-20-34(46-4)35(23-31)47-5)48(44,45)32-18-15-26(2)16-19-32/h7-21,23,27,33H,6,22,24-25H2,1-5H3,(H,39,43)/t27-,33+/m1/s1. The molecule has 0 aliphatic rings. The van der Waals surface area contributed by atoms with Gasteiger partial charge in [-0.2, -0.15) is 0 Å². The number of carbonyl (C=O) groups excluding carboxylic acids is 2. The topological polar surface area (TPSA) is 105 Å². The van der Waals surface area contributed by atoms with E-state index < -0.39 is 28.5 Å². The summed E-state index contributed by atoms with van der Waals surface area (Å²) in [5, 5.41) is 3.05. The minimum absolute atomic E-state index is 0.0181. The predicted molar refractivity (Wildman–Crippen MR) is 192 cm³/mol. The lowest BCUT2D eigenvalue weighted by Gasteiger charge is -2.34. The summed E-state index contributed by atoms with van der Waals surface area (Å²) >= 11 is 3.51. The van der Waals surface area contributed by atoms with Gasteiger partial charge in [-0.3, -0.25) is 13.9 Å². The molecule has 9 nitrogen and oxygen atoms in total. The number of hydrogen-bond donors (Lipinski definition) is 1. The van der Waals surface area contributed by atoms with Gasteiger partial charge in [0.1, 0.15) is 12.6 Å². The molecule has 0 aliphatic carbocycles. The van der Waals surface area contributed by atoms with Gasteiger partial charge in [0, 0.05) is 29.5 Å². The predicted octanol–water partition coefficient (Wildman–Crippen LogP) is 6.52. The summed E-state index contributed by atoms with van der Waals surface area (Å²) in [6, 6.07) is 27.0. The second-order valence-corrected chi connectivity index (χ2v) is 14.3. The summed E-state index contributed by atoms with van der Waals surface area (Å²) < 4.78 is 41.4. The molecule has 1 N–H and O–H groups in total. The van der Waals surface area contributed by atoms with Gasteiger partial charge in [0.2, 0.25) is 11.8 Å². The lowest BCUT2D eigenvalue weighted by molar-refractivity contribution is -0.140.